The first-order chi connectivity index (χ1) is 18.3. The van der Waals surface area contributed by atoms with E-state index in [2.05, 4.69) is 30.8 Å². The van der Waals surface area contributed by atoms with Gasteiger partial charge in [-0.1, -0.05) is 11.6 Å². The number of rotatable bonds is 9. The lowest BCUT2D eigenvalue weighted by molar-refractivity contribution is 0.0815. The molecule has 200 valence electrons. The zero-order valence-corrected chi connectivity index (χ0v) is 21.2. The first-order valence-corrected chi connectivity index (χ1v) is 12.6. The van der Waals surface area contributed by atoms with Crippen LogP contribution in [0.25, 0.3) is 0 Å². The molecule has 3 aromatic rings. The van der Waals surface area contributed by atoms with Crippen LogP contribution < -0.4 is 16.0 Å². The van der Waals surface area contributed by atoms with Crippen LogP contribution in [0.1, 0.15) is 50.6 Å². The van der Waals surface area contributed by atoms with Gasteiger partial charge in [0.2, 0.25) is 0 Å². The normalized spacial score (nSPS) is 14.2. The summed E-state index contributed by atoms with van der Waals surface area (Å²) in [6, 6.07) is 9.79. The van der Waals surface area contributed by atoms with Crippen molar-refractivity contribution in [2.45, 2.75) is 25.4 Å². The number of likely N-dealkylation sites (tertiary alicyclic amines) is 1. The summed E-state index contributed by atoms with van der Waals surface area (Å²) in [5, 5.41) is 17.7. The first kappa shape index (κ1) is 27.2. The Bertz CT molecular complexity index is 1290. The van der Waals surface area contributed by atoms with Gasteiger partial charge in [-0.25, -0.2) is 9.37 Å². The first-order valence-electron chi connectivity index (χ1n) is 12.2. The number of nitrogens with zero attached hydrogens (tertiary/aromatic N) is 2. The maximum Gasteiger partial charge on any atom is 0.276 e. The van der Waals surface area contributed by atoms with E-state index in [0.29, 0.717) is 17.9 Å². The average molecular weight is 543 g/mol. The Hall–Kier alpha value is -3.80. The molecule has 0 bridgehead atoms. The molecule has 0 radical (unpaired) electrons. The Morgan fingerprint density at radius 1 is 1.03 bits per heavy atom. The maximum atomic E-state index is 13.2. The molecule has 4 rings (SSSR count). The molecule has 1 aliphatic rings. The number of aliphatic hydroxyl groups excluding tert-OH is 1. The summed E-state index contributed by atoms with van der Waals surface area (Å²) >= 11 is 5.93. The molecule has 2 aromatic carbocycles. The van der Waals surface area contributed by atoms with Crippen LogP contribution in [0, 0.1) is 5.82 Å². The van der Waals surface area contributed by atoms with E-state index in [9.17, 15) is 23.9 Å². The Labute approximate surface area is 223 Å². The lowest BCUT2D eigenvalue weighted by atomic mass is 10.1. The van der Waals surface area contributed by atoms with Crippen LogP contribution in [0.3, 0.4) is 0 Å². The number of carbonyl (C=O) groups excluding carboxylic acids is 3. The minimum Gasteiger partial charge on any atom is -0.393 e. The number of amides is 3. The number of benzene rings is 2. The Morgan fingerprint density at radius 3 is 2.34 bits per heavy atom. The lowest BCUT2D eigenvalue weighted by Crippen LogP contribution is -2.37. The zero-order chi connectivity index (χ0) is 27.1. The predicted molar refractivity (Wildman–Crippen MR) is 141 cm³/mol. The molecule has 0 aliphatic carbocycles. The van der Waals surface area contributed by atoms with E-state index in [0.717, 1.165) is 51.0 Å². The van der Waals surface area contributed by atoms with Crippen LogP contribution in [0.5, 0.6) is 0 Å². The number of piperidine rings is 1. The van der Waals surface area contributed by atoms with E-state index in [1.165, 1.54) is 12.4 Å². The highest BCUT2D eigenvalue weighted by Crippen LogP contribution is 2.20. The van der Waals surface area contributed by atoms with Gasteiger partial charge < -0.3 is 30.9 Å². The standard InChI is InChI=1S/C26H28ClFN6O4/c27-21-14-16(28)2-7-20(21)24(36)32-17-3-5-18(6-4-17)33-26(38)23-22(30-15-31-23)25(37)29-10-1-11-34-12-8-19(35)9-13-34/h2-7,14-15,19,35H,1,8-13H2,(H,29,37)(H,30,31)(H,32,36)(H,33,38). The van der Waals surface area contributed by atoms with Gasteiger partial charge in [-0.3, -0.25) is 14.4 Å². The largest absolute Gasteiger partial charge is 0.393 e. The summed E-state index contributed by atoms with van der Waals surface area (Å²) in [5.74, 6) is -2.05. The quantitative estimate of drug-likeness (QED) is 0.263. The van der Waals surface area contributed by atoms with Gasteiger partial charge in [-0.2, -0.15) is 0 Å². The number of aliphatic hydroxyl groups is 1. The molecule has 0 unspecified atom stereocenters. The fraction of sp³-hybridized carbons (Fsp3) is 0.308. The van der Waals surface area contributed by atoms with E-state index in [-0.39, 0.29) is 28.1 Å². The molecule has 1 saturated heterocycles. The molecule has 12 heteroatoms. The number of H-pyrrole nitrogens is 1. The molecule has 1 aromatic heterocycles. The van der Waals surface area contributed by atoms with E-state index < -0.39 is 23.5 Å². The van der Waals surface area contributed by atoms with Gasteiger partial charge in [-0.05, 0) is 68.3 Å². The van der Waals surface area contributed by atoms with E-state index >= 15 is 0 Å². The summed E-state index contributed by atoms with van der Waals surface area (Å²) in [6.45, 7) is 2.94. The van der Waals surface area contributed by atoms with Crippen molar-refractivity contribution in [3.05, 3.63) is 76.6 Å². The van der Waals surface area contributed by atoms with Crippen molar-refractivity contribution in [1.29, 1.82) is 0 Å². The molecular formula is C26H28ClFN6O4. The van der Waals surface area contributed by atoms with Crippen LogP contribution in [-0.4, -0.2) is 70.0 Å². The van der Waals surface area contributed by atoms with E-state index in [4.69, 9.17) is 11.6 Å². The fourth-order valence-corrected chi connectivity index (χ4v) is 4.33. The number of aromatic nitrogens is 2. The number of carbonyl (C=O) groups is 3. The number of aromatic amines is 1. The monoisotopic (exact) mass is 542 g/mol. The smallest absolute Gasteiger partial charge is 0.276 e. The number of anilines is 2. The van der Waals surface area contributed by atoms with Gasteiger partial charge in [0.1, 0.15) is 11.5 Å². The summed E-state index contributed by atoms with van der Waals surface area (Å²) in [4.78, 5) is 46.7. The van der Waals surface area contributed by atoms with Crippen LogP contribution in [0.4, 0.5) is 15.8 Å². The highest BCUT2D eigenvalue weighted by molar-refractivity contribution is 6.34. The average Bonchev–Trinajstić information content (AvgIpc) is 3.39. The molecule has 1 aliphatic heterocycles. The van der Waals surface area contributed by atoms with E-state index in [1.54, 1.807) is 24.3 Å². The molecule has 38 heavy (non-hydrogen) atoms. The van der Waals surface area contributed by atoms with Crippen molar-refractivity contribution in [2.75, 3.05) is 36.8 Å². The van der Waals surface area contributed by atoms with Gasteiger partial charge in [-0.15, -0.1) is 0 Å². The van der Waals surface area contributed by atoms with Gasteiger partial charge in [0, 0.05) is 31.0 Å². The Balaban J connectivity index is 1.27. The van der Waals surface area contributed by atoms with E-state index in [1.807, 2.05) is 0 Å². The molecule has 0 atom stereocenters. The lowest BCUT2D eigenvalue weighted by Gasteiger charge is -2.29. The number of imidazole rings is 1. The summed E-state index contributed by atoms with van der Waals surface area (Å²) in [5.41, 5.74) is 1.00. The Morgan fingerprint density at radius 2 is 1.68 bits per heavy atom. The summed E-state index contributed by atoms with van der Waals surface area (Å²) < 4.78 is 13.2. The third-order valence-corrected chi connectivity index (χ3v) is 6.46. The number of hydrogen-bond acceptors (Lipinski definition) is 6. The predicted octanol–water partition coefficient (Wildman–Crippen LogP) is 3.28. The van der Waals surface area contributed by atoms with Gasteiger partial charge in [0.25, 0.3) is 17.7 Å². The number of hydrogen-bond donors (Lipinski definition) is 5. The molecule has 5 N–H and O–H groups in total. The maximum absolute atomic E-state index is 13.2. The molecule has 0 saturated carbocycles. The van der Waals surface area contributed by atoms with Crippen molar-refractivity contribution in [1.82, 2.24) is 20.2 Å². The molecule has 10 nitrogen and oxygen atoms in total. The van der Waals surface area contributed by atoms with Crippen molar-refractivity contribution in [3.8, 4) is 0 Å². The van der Waals surface area contributed by atoms with Gasteiger partial charge in [0.15, 0.2) is 5.69 Å². The minimum atomic E-state index is -0.571. The molecule has 0 spiro atoms. The zero-order valence-electron chi connectivity index (χ0n) is 20.5. The number of halogens is 2. The van der Waals surface area contributed by atoms with Crippen molar-refractivity contribution in [3.63, 3.8) is 0 Å². The van der Waals surface area contributed by atoms with Crippen LogP contribution in [-0.2, 0) is 0 Å². The summed E-state index contributed by atoms with van der Waals surface area (Å²) in [6.07, 6.45) is 3.33. The topological polar surface area (TPSA) is 139 Å². The summed E-state index contributed by atoms with van der Waals surface area (Å²) in [7, 11) is 0. The second kappa shape index (κ2) is 12.6. The second-order valence-electron chi connectivity index (χ2n) is 8.92. The van der Waals surface area contributed by atoms with Crippen LogP contribution >= 0.6 is 11.6 Å². The van der Waals surface area contributed by atoms with Gasteiger partial charge in [0.05, 0.1) is 23.0 Å². The van der Waals surface area contributed by atoms with Crippen molar-refractivity contribution >= 4 is 40.7 Å². The third-order valence-electron chi connectivity index (χ3n) is 6.15. The molecule has 2 heterocycles. The molecular weight excluding hydrogens is 515 g/mol. The van der Waals surface area contributed by atoms with Crippen molar-refractivity contribution in [2.24, 2.45) is 0 Å². The highest BCUT2D eigenvalue weighted by Gasteiger charge is 2.21. The van der Waals surface area contributed by atoms with Crippen molar-refractivity contribution < 1.29 is 23.9 Å². The van der Waals surface area contributed by atoms with Crippen LogP contribution in [0.15, 0.2) is 48.8 Å². The Kier molecular flexibility index (Phi) is 9.06. The second-order valence-corrected chi connectivity index (χ2v) is 9.33. The SMILES string of the molecule is O=C(Nc1ccc(NC(=O)c2nc[nH]c2C(=O)NCCCN2CCC(O)CC2)cc1)c1ccc(F)cc1Cl. The number of nitrogens with one attached hydrogen (secondary N) is 4. The molecule has 3 amide bonds. The third kappa shape index (κ3) is 7.15. The fourth-order valence-electron chi connectivity index (χ4n) is 4.07. The van der Waals surface area contributed by atoms with Crippen LogP contribution in [0.2, 0.25) is 5.02 Å². The highest BCUT2D eigenvalue weighted by atomic mass is 35.5. The van der Waals surface area contributed by atoms with Gasteiger partial charge >= 0.3 is 0 Å². The minimum absolute atomic E-state index is 0.00651. The molecule has 1 fully saturated rings.